The number of nitrogens with zero attached hydrogens (tertiary/aromatic N) is 1. The number of carbonyl (C=O) groups excluding carboxylic acids is 1. The van der Waals surface area contributed by atoms with Crippen LogP contribution in [0.15, 0.2) is 22.7 Å². The molecule has 0 bridgehead atoms. The SMILES string of the molecule is CCc1cc(Br)ccc1N1CC(N)CC1=O. The van der Waals surface area contributed by atoms with Crippen LogP contribution in [0.4, 0.5) is 5.69 Å². The van der Waals surface area contributed by atoms with Gasteiger partial charge in [-0.2, -0.15) is 0 Å². The molecular formula is C12H15BrN2O. The summed E-state index contributed by atoms with van der Waals surface area (Å²) in [7, 11) is 0. The fourth-order valence-electron chi connectivity index (χ4n) is 2.07. The molecule has 1 heterocycles. The summed E-state index contributed by atoms with van der Waals surface area (Å²) in [5, 5.41) is 0. The average Bonchev–Trinajstić information content (AvgIpc) is 2.57. The number of carbonyl (C=O) groups is 1. The minimum Gasteiger partial charge on any atom is -0.326 e. The van der Waals surface area contributed by atoms with Crippen LogP contribution < -0.4 is 10.6 Å². The van der Waals surface area contributed by atoms with Crippen molar-refractivity contribution in [2.24, 2.45) is 5.73 Å². The molecule has 1 amide bonds. The first-order valence-corrected chi connectivity index (χ1v) is 6.25. The third-order valence-electron chi connectivity index (χ3n) is 2.87. The molecule has 1 aromatic rings. The lowest BCUT2D eigenvalue weighted by molar-refractivity contribution is -0.117. The van der Waals surface area contributed by atoms with E-state index in [4.69, 9.17) is 5.73 Å². The summed E-state index contributed by atoms with van der Waals surface area (Å²) in [6.45, 7) is 2.72. The average molecular weight is 283 g/mol. The zero-order chi connectivity index (χ0) is 11.7. The number of rotatable bonds is 2. The molecule has 0 saturated carbocycles. The van der Waals surface area contributed by atoms with E-state index in [1.807, 2.05) is 12.1 Å². The van der Waals surface area contributed by atoms with E-state index in [0.717, 1.165) is 16.6 Å². The summed E-state index contributed by atoms with van der Waals surface area (Å²) in [5.74, 6) is 0.129. The molecule has 1 unspecified atom stereocenters. The van der Waals surface area contributed by atoms with Crippen LogP contribution in [0.1, 0.15) is 18.9 Å². The van der Waals surface area contributed by atoms with Crippen LogP contribution in [-0.2, 0) is 11.2 Å². The molecule has 1 aliphatic rings. The van der Waals surface area contributed by atoms with Gasteiger partial charge < -0.3 is 10.6 Å². The van der Waals surface area contributed by atoms with Gasteiger partial charge in [0, 0.05) is 29.2 Å². The monoisotopic (exact) mass is 282 g/mol. The molecule has 4 heteroatoms. The van der Waals surface area contributed by atoms with E-state index in [1.54, 1.807) is 4.90 Å². The van der Waals surface area contributed by atoms with E-state index in [9.17, 15) is 4.79 Å². The first kappa shape index (κ1) is 11.6. The van der Waals surface area contributed by atoms with E-state index in [-0.39, 0.29) is 11.9 Å². The molecule has 1 saturated heterocycles. The molecule has 0 radical (unpaired) electrons. The number of anilines is 1. The molecule has 0 aliphatic carbocycles. The maximum absolute atomic E-state index is 11.8. The largest absolute Gasteiger partial charge is 0.326 e. The van der Waals surface area contributed by atoms with Crippen LogP contribution in [0, 0.1) is 0 Å². The first-order chi connectivity index (χ1) is 7.61. The van der Waals surface area contributed by atoms with Crippen LogP contribution in [0.2, 0.25) is 0 Å². The number of hydrogen-bond acceptors (Lipinski definition) is 2. The van der Waals surface area contributed by atoms with Crippen LogP contribution in [0.5, 0.6) is 0 Å². The van der Waals surface area contributed by atoms with Gasteiger partial charge in [-0.15, -0.1) is 0 Å². The molecule has 1 aliphatic heterocycles. The predicted octanol–water partition coefficient (Wildman–Crippen LogP) is 2.08. The Hall–Kier alpha value is -0.870. The highest BCUT2D eigenvalue weighted by Gasteiger charge is 2.29. The quantitative estimate of drug-likeness (QED) is 0.903. The van der Waals surface area contributed by atoms with Gasteiger partial charge in [-0.1, -0.05) is 22.9 Å². The summed E-state index contributed by atoms with van der Waals surface area (Å²) in [4.78, 5) is 13.6. The Bertz CT molecular complexity index is 419. The van der Waals surface area contributed by atoms with Crippen molar-refractivity contribution in [1.29, 1.82) is 0 Å². The minimum absolute atomic E-state index is 0.0270. The Morgan fingerprint density at radius 3 is 2.88 bits per heavy atom. The number of nitrogens with two attached hydrogens (primary N) is 1. The third-order valence-corrected chi connectivity index (χ3v) is 3.36. The highest BCUT2D eigenvalue weighted by atomic mass is 79.9. The normalized spacial score (nSPS) is 20.6. The van der Waals surface area contributed by atoms with Gasteiger partial charge >= 0.3 is 0 Å². The van der Waals surface area contributed by atoms with E-state index in [1.165, 1.54) is 5.56 Å². The summed E-state index contributed by atoms with van der Waals surface area (Å²) in [5.41, 5.74) is 7.98. The molecule has 0 spiro atoms. The molecule has 3 nitrogen and oxygen atoms in total. The Labute approximate surface area is 104 Å². The summed E-state index contributed by atoms with van der Waals surface area (Å²) < 4.78 is 1.05. The van der Waals surface area contributed by atoms with Gasteiger partial charge in [0.25, 0.3) is 0 Å². The van der Waals surface area contributed by atoms with Gasteiger partial charge in [-0.25, -0.2) is 0 Å². The van der Waals surface area contributed by atoms with Crippen LogP contribution in [0.3, 0.4) is 0 Å². The smallest absolute Gasteiger partial charge is 0.228 e. The number of halogens is 1. The zero-order valence-electron chi connectivity index (χ0n) is 9.24. The van der Waals surface area contributed by atoms with Crippen molar-refractivity contribution in [3.63, 3.8) is 0 Å². The summed E-state index contributed by atoms with van der Waals surface area (Å²) in [6, 6.07) is 5.98. The van der Waals surface area contributed by atoms with Crippen LogP contribution in [0.25, 0.3) is 0 Å². The molecule has 0 aromatic heterocycles. The maximum Gasteiger partial charge on any atom is 0.228 e. The first-order valence-electron chi connectivity index (χ1n) is 5.46. The number of hydrogen-bond donors (Lipinski definition) is 1. The van der Waals surface area contributed by atoms with Gasteiger partial charge in [0.1, 0.15) is 0 Å². The minimum atomic E-state index is -0.0270. The molecular weight excluding hydrogens is 268 g/mol. The standard InChI is InChI=1S/C12H15BrN2O/c1-2-8-5-9(13)3-4-11(8)15-7-10(14)6-12(15)16/h3-5,10H,2,6-7,14H2,1H3. The van der Waals surface area contributed by atoms with Crippen molar-refractivity contribution in [2.45, 2.75) is 25.8 Å². The van der Waals surface area contributed by atoms with Crippen molar-refractivity contribution in [3.8, 4) is 0 Å². The summed E-state index contributed by atoms with van der Waals surface area (Å²) in [6.07, 6.45) is 1.37. The molecule has 1 aromatic carbocycles. The highest BCUT2D eigenvalue weighted by molar-refractivity contribution is 9.10. The molecule has 1 atom stereocenters. The second kappa shape index (κ2) is 4.55. The molecule has 2 rings (SSSR count). The summed E-state index contributed by atoms with van der Waals surface area (Å²) >= 11 is 3.44. The van der Waals surface area contributed by atoms with Crippen LogP contribution >= 0.6 is 15.9 Å². The predicted molar refractivity (Wildman–Crippen MR) is 68.5 cm³/mol. The number of benzene rings is 1. The van der Waals surface area contributed by atoms with Gasteiger partial charge in [0.05, 0.1) is 0 Å². The number of aryl methyl sites for hydroxylation is 1. The second-order valence-electron chi connectivity index (χ2n) is 4.10. The molecule has 1 fully saturated rings. The van der Waals surface area contributed by atoms with Gasteiger partial charge in [-0.3, -0.25) is 4.79 Å². The zero-order valence-corrected chi connectivity index (χ0v) is 10.8. The molecule has 86 valence electrons. The lowest BCUT2D eigenvalue weighted by Crippen LogP contribution is -2.28. The van der Waals surface area contributed by atoms with E-state index >= 15 is 0 Å². The Balaban J connectivity index is 2.36. The fourth-order valence-corrected chi connectivity index (χ4v) is 2.48. The van der Waals surface area contributed by atoms with Gasteiger partial charge in [0.2, 0.25) is 5.91 Å². The third kappa shape index (κ3) is 2.13. The van der Waals surface area contributed by atoms with Crippen molar-refractivity contribution in [1.82, 2.24) is 0 Å². The second-order valence-corrected chi connectivity index (χ2v) is 5.01. The van der Waals surface area contributed by atoms with Crippen molar-refractivity contribution >= 4 is 27.5 Å². The van der Waals surface area contributed by atoms with Crippen molar-refractivity contribution < 1.29 is 4.79 Å². The van der Waals surface area contributed by atoms with Crippen molar-refractivity contribution in [2.75, 3.05) is 11.4 Å². The fraction of sp³-hybridized carbons (Fsp3) is 0.417. The van der Waals surface area contributed by atoms with E-state index in [2.05, 4.69) is 28.9 Å². The molecule has 2 N–H and O–H groups in total. The van der Waals surface area contributed by atoms with E-state index in [0.29, 0.717) is 13.0 Å². The Kier molecular flexibility index (Phi) is 3.30. The van der Waals surface area contributed by atoms with Gasteiger partial charge in [-0.05, 0) is 30.2 Å². The van der Waals surface area contributed by atoms with Gasteiger partial charge in [0.15, 0.2) is 0 Å². The lowest BCUT2D eigenvalue weighted by Gasteiger charge is -2.19. The Morgan fingerprint density at radius 1 is 1.56 bits per heavy atom. The topological polar surface area (TPSA) is 46.3 Å². The highest BCUT2D eigenvalue weighted by Crippen LogP contribution is 2.28. The lowest BCUT2D eigenvalue weighted by atomic mass is 10.1. The number of amides is 1. The van der Waals surface area contributed by atoms with Crippen LogP contribution in [-0.4, -0.2) is 18.5 Å². The Morgan fingerprint density at radius 2 is 2.31 bits per heavy atom. The maximum atomic E-state index is 11.8. The van der Waals surface area contributed by atoms with E-state index < -0.39 is 0 Å². The van der Waals surface area contributed by atoms with Crippen molar-refractivity contribution in [3.05, 3.63) is 28.2 Å². The molecule has 16 heavy (non-hydrogen) atoms.